The van der Waals surface area contributed by atoms with Crippen LogP contribution in [-0.4, -0.2) is 51.7 Å². The third-order valence-corrected chi connectivity index (χ3v) is 5.99. The summed E-state index contributed by atoms with van der Waals surface area (Å²) >= 11 is 6.29. The summed E-state index contributed by atoms with van der Waals surface area (Å²) in [5.74, 6) is 0.647. The van der Waals surface area contributed by atoms with Gasteiger partial charge in [0.25, 0.3) is 5.91 Å². The Labute approximate surface area is 185 Å². The highest BCUT2D eigenvalue weighted by Crippen LogP contribution is 2.29. The monoisotopic (exact) mass is 456 g/mol. The average Bonchev–Trinajstić information content (AvgIpc) is 3.07. The minimum atomic E-state index is -4.61. The van der Waals surface area contributed by atoms with Crippen molar-refractivity contribution in [2.75, 3.05) is 26.2 Å². The Morgan fingerprint density at radius 2 is 1.87 bits per heavy atom. The van der Waals surface area contributed by atoms with Crippen LogP contribution in [0.25, 0.3) is 0 Å². The van der Waals surface area contributed by atoms with E-state index in [9.17, 15) is 18.0 Å². The third-order valence-electron chi connectivity index (χ3n) is 5.63. The fourth-order valence-electron chi connectivity index (χ4n) is 4.29. The Morgan fingerprint density at radius 1 is 1.23 bits per heavy atom. The molecule has 2 unspecified atom stereocenters. The molecule has 0 N–H and O–H groups in total. The quantitative estimate of drug-likeness (QED) is 0.632. The van der Waals surface area contributed by atoms with Gasteiger partial charge < -0.3 is 9.80 Å². The van der Waals surface area contributed by atoms with Gasteiger partial charge in [-0.2, -0.15) is 18.3 Å². The highest BCUT2D eigenvalue weighted by atomic mass is 35.5. The number of aryl methyl sites for hydroxylation is 1. The predicted molar refractivity (Wildman–Crippen MR) is 114 cm³/mol. The molecule has 0 bridgehead atoms. The van der Waals surface area contributed by atoms with Crippen molar-refractivity contribution in [1.29, 1.82) is 0 Å². The van der Waals surface area contributed by atoms with Gasteiger partial charge >= 0.3 is 6.18 Å². The fraction of sp³-hybridized carbons (Fsp3) is 0.545. The number of benzene rings is 1. The summed E-state index contributed by atoms with van der Waals surface area (Å²) in [6.07, 6.45) is -3.43. The van der Waals surface area contributed by atoms with Crippen molar-refractivity contribution in [3.63, 3.8) is 0 Å². The fourth-order valence-corrected chi connectivity index (χ4v) is 4.48. The second kappa shape index (κ2) is 9.61. The summed E-state index contributed by atoms with van der Waals surface area (Å²) in [6, 6.07) is 7.99. The minimum Gasteiger partial charge on any atom is -0.332 e. The van der Waals surface area contributed by atoms with E-state index in [2.05, 4.69) is 23.8 Å². The summed E-state index contributed by atoms with van der Waals surface area (Å²) in [7, 11) is 1.35. The second-order valence-corrected chi connectivity index (χ2v) is 8.97. The molecule has 2 atom stereocenters. The van der Waals surface area contributed by atoms with Crippen LogP contribution in [0.5, 0.6) is 0 Å². The van der Waals surface area contributed by atoms with Crippen LogP contribution < -0.4 is 0 Å². The average molecular weight is 457 g/mol. The van der Waals surface area contributed by atoms with Crippen LogP contribution in [0.2, 0.25) is 5.02 Å². The number of halogens is 4. The molecule has 0 radical (unpaired) electrons. The first-order valence-corrected chi connectivity index (χ1v) is 10.8. The Kier molecular flexibility index (Phi) is 7.31. The van der Waals surface area contributed by atoms with Crippen molar-refractivity contribution in [3.8, 4) is 0 Å². The van der Waals surface area contributed by atoms with Crippen LogP contribution in [0.1, 0.15) is 42.0 Å². The molecule has 9 heteroatoms. The molecule has 2 heterocycles. The highest BCUT2D eigenvalue weighted by molar-refractivity contribution is 6.31. The number of amides is 1. The lowest BCUT2D eigenvalue weighted by Crippen LogP contribution is -2.44. The van der Waals surface area contributed by atoms with Crippen molar-refractivity contribution in [2.24, 2.45) is 18.9 Å². The summed E-state index contributed by atoms with van der Waals surface area (Å²) < 4.78 is 40.3. The SMILES string of the molecule is CC1CC(C)CN(CCN(Cc2ccccc2Cl)C(=O)c2cc(C(F)(F)F)nn2C)C1. The van der Waals surface area contributed by atoms with Crippen LogP contribution in [0.15, 0.2) is 30.3 Å². The lowest BCUT2D eigenvalue weighted by Gasteiger charge is -2.36. The molecule has 1 saturated heterocycles. The zero-order valence-corrected chi connectivity index (χ0v) is 18.7. The van der Waals surface area contributed by atoms with Gasteiger partial charge in [0.15, 0.2) is 5.69 Å². The molecule has 1 aromatic heterocycles. The molecule has 1 aliphatic heterocycles. The molecule has 3 rings (SSSR count). The van der Waals surface area contributed by atoms with Gasteiger partial charge in [0.05, 0.1) is 0 Å². The summed E-state index contributed by atoms with van der Waals surface area (Å²) in [4.78, 5) is 17.1. The van der Waals surface area contributed by atoms with Gasteiger partial charge in [0, 0.05) is 50.9 Å². The van der Waals surface area contributed by atoms with Gasteiger partial charge in [-0.05, 0) is 29.9 Å². The summed E-state index contributed by atoms with van der Waals surface area (Å²) in [5, 5.41) is 4.00. The van der Waals surface area contributed by atoms with Gasteiger partial charge in [-0.25, -0.2) is 0 Å². The molecule has 31 heavy (non-hydrogen) atoms. The lowest BCUT2D eigenvalue weighted by atomic mass is 9.92. The number of carbonyl (C=O) groups is 1. The Morgan fingerprint density at radius 3 is 2.45 bits per heavy atom. The van der Waals surface area contributed by atoms with E-state index in [0.717, 1.165) is 29.4 Å². The van der Waals surface area contributed by atoms with Crippen molar-refractivity contribution in [2.45, 2.75) is 33.0 Å². The van der Waals surface area contributed by atoms with E-state index in [1.165, 1.54) is 13.5 Å². The number of hydrogen-bond donors (Lipinski definition) is 0. The zero-order chi connectivity index (χ0) is 22.8. The van der Waals surface area contributed by atoms with E-state index in [1.807, 2.05) is 12.1 Å². The molecule has 2 aromatic rings. The molecule has 5 nitrogen and oxygen atoms in total. The van der Waals surface area contributed by atoms with Gasteiger partial charge in [-0.3, -0.25) is 9.48 Å². The Balaban J connectivity index is 1.82. The van der Waals surface area contributed by atoms with Crippen LogP contribution in [0.4, 0.5) is 13.2 Å². The van der Waals surface area contributed by atoms with E-state index in [0.29, 0.717) is 29.9 Å². The normalized spacial score (nSPS) is 20.1. The van der Waals surface area contributed by atoms with Crippen molar-refractivity contribution < 1.29 is 18.0 Å². The van der Waals surface area contributed by atoms with Gasteiger partial charge in [0.2, 0.25) is 0 Å². The van der Waals surface area contributed by atoms with E-state index in [-0.39, 0.29) is 12.2 Å². The molecule has 0 spiro atoms. The number of hydrogen-bond acceptors (Lipinski definition) is 3. The topological polar surface area (TPSA) is 41.4 Å². The molecule has 1 aliphatic rings. The number of carbonyl (C=O) groups excluding carboxylic acids is 1. The first kappa shape index (κ1) is 23.6. The van der Waals surface area contributed by atoms with E-state index in [4.69, 9.17) is 11.6 Å². The molecule has 0 saturated carbocycles. The molecule has 1 amide bonds. The number of aromatic nitrogens is 2. The standard InChI is InChI=1S/C22H28ClF3N4O/c1-15-10-16(2)13-29(12-15)8-9-30(14-17-6-4-5-7-18(17)23)21(31)19-11-20(22(24,25)26)27-28(19)3/h4-7,11,15-16H,8-10,12-14H2,1-3H3. The van der Waals surface area contributed by atoms with E-state index in [1.54, 1.807) is 17.0 Å². The maximum absolute atomic E-state index is 13.3. The van der Waals surface area contributed by atoms with Gasteiger partial charge in [-0.15, -0.1) is 0 Å². The number of likely N-dealkylation sites (tertiary alicyclic amines) is 1. The highest BCUT2D eigenvalue weighted by Gasteiger charge is 2.36. The van der Waals surface area contributed by atoms with Crippen LogP contribution in [0, 0.1) is 11.8 Å². The summed E-state index contributed by atoms with van der Waals surface area (Å²) in [5.41, 5.74) is -0.425. The molecule has 1 aromatic carbocycles. The van der Waals surface area contributed by atoms with Crippen LogP contribution in [0.3, 0.4) is 0 Å². The number of nitrogens with zero attached hydrogens (tertiary/aromatic N) is 4. The Hall–Kier alpha value is -2.06. The van der Waals surface area contributed by atoms with E-state index < -0.39 is 17.8 Å². The number of alkyl halides is 3. The van der Waals surface area contributed by atoms with Crippen molar-refractivity contribution in [3.05, 3.63) is 52.3 Å². The zero-order valence-electron chi connectivity index (χ0n) is 18.0. The van der Waals surface area contributed by atoms with Gasteiger partial charge in [-0.1, -0.05) is 43.6 Å². The largest absolute Gasteiger partial charge is 0.435 e. The Bertz CT molecular complexity index is 904. The van der Waals surface area contributed by atoms with Crippen LogP contribution >= 0.6 is 11.6 Å². The first-order valence-electron chi connectivity index (χ1n) is 10.4. The number of rotatable bonds is 6. The van der Waals surface area contributed by atoms with E-state index >= 15 is 0 Å². The van der Waals surface area contributed by atoms with Gasteiger partial charge in [0.1, 0.15) is 5.69 Å². The molecular formula is C22H28ClF3N4O. The molecule has 170 valence electrons. The van der Waals surface area contributed by atoms with Crippen molar-refractivity contribution >= 4 is 17.5 Å². The lowest BCUT2D eigenvalue weighted by molar-refractivity contribution is -0.141. The minimum absolute atomic E-state index is 0.0974. The molecular weight excluding hydrogens is 429 g/mol. The van der Waals surface area contributed by atoms with Crippen molar-refractivity contribution in [1.82, 2.24) is 19.6 Å². The first-order chi connectivity index (χ1) is 14.5. The predicted octanol–water partition coefficient (Wildman–Crippen LogP) is 4.71. The molecule has 1 fully saturated rings. The number of piperidine rings is 1. The smallest absolute Gasteiger partial charge is 0.332 e. The third kappa shape index (κ3) is 6.01. The van der Waals surface area contributed by atoms with Crippen LogP contribution in [-0.2, 0) is 19.8 Å². The maximum Gasteiger partial charge on any atom is 0.435 e. The molecule has 0 aliphatic carbocycles. The second-order valence-electron chi connectivity index (χ2n) is 8.56. The maximum atomic E-state index is 13.3. The summed E-state index contributed by atoms with van der Waals surface area (Å²) in [6.45, 7) is 7.56.